The number of hydrogen-bond acceptors (Lipinski definition) is 6. The van der Waals surface area contributed by atoms with Gasteiger partial charge in [0.15, 0.2) is 0 Å². The van der Waals surface area contributed by atoms with Crippen LogP contribution in [0.4, 0.5) is 11.8 Å². The van der Waals surface area contributed by atoms with Crippen molar-refractivity contribution < 1.29 is 0 Å². The van der Waals surface area contributed by atoms with Crippen molar-refractivity contribution >= 4 is 22.7 Å². The van der Waals surface area contributed by atoms with Crippen LogP contribution in [0.5, 0.6) is 0 Å². The second-order valence-electron chi connectivity index (χ2n) is 4.59. The summed E-state index contributed by atoms with van der Waals surface area (Å²) in [5.41, 5.74) is 4.58. The monoisotopic (exact) mass is 280 g/mol. The number of benzene rings is 1. The van der Waals surface area contributed by atoms with E-state index in [2.05, 4.69) is 25.7 Å². The van der Waals surface area contributed by atoms with E-state index >= 15 is 0 Å². The lowest BCUT2D eigenvalue weighted by Gasteiger charge is -2.10. The van der Waals surface area contributed by atoms with Gasteiger partial charge in [-0.15, -0.1) is 0 Å². The summed E-state index contributed by atoms with van der Waals surface area (Å²) >= 11 is 0. The molecule has 0 aliphatic heterocycles. The summed E-state index contributed by atoms with van der Waals surface area (Å²) in [7, 11) is 0. The van der Waals surface area contributed by atoms with Crippen molar-refractivity contribution in [2.24, 2.45) is 5.84 Å². The van der Waals surface area contributed by atoms with Crippen LogP contribution in [-0.4, -0.2) is 21.5 Å². The van der Waals surface area contributed by atoms with Gasteiger partial charge >= 0.3 is 0 Å². The van der Waals surface area contributed by atoms with Crippen LogP contribution in [0.2, 0.25) is 0 Å². The Kier molecular flexibility index (Phi) is 3.88. The van der Waals surface area contributed by atoms with Crippen LogP contribution in [0, 0.1) is 0 Å². The first-order chi connectivity index (χ1) is 10.4. The molecule has 0 aliphatic rings. The molecule has 106 valence electrons. The number of nitrogen functional groups attached to an aromatic ring is 1. The molecule has 0 amide bonds. The molecule has 4 N–H and O–H groups in total. The summed E-state index contributed by atoms with van der Waals surface area (Å²) in [6.45, 7) is 0.773. The predicted octanol–water partition coefficient (Wildman–Crippen LogP) is 1.96. The standard InChI is InChI=1S/C15H16N6/c16-21-15-19-13-4-2-1-3-12(13)14(20-15)18-10-7-11-5-8-17-9-6-11/h1-6,8-9H,7,10,16H2,(H2,18,19,20,21). The van der Waals surface area contributed by atoms with Crippen LogP contribution < -0.4 is 16.6 Å². The molecule has 3 aromatic rings. The van der Waals surface area contributed by atoms with E-state index in [0.29, 0.717) is 5.95 Å². The van der Waals surface area contributed by atoms with Crippen LogP contribution in [-0.2, 0) is 6.42 Å². The Morgan fingerprint density at radius 1 is 1.00 bits per heavy atom. The molecular formula is C15H16N6. The van der Waals surface area contributed by atoms with E-state index in [1.807, 2.05) is 36.4 Å². The van der Waals surface area contributed by atoms with Gasteiger partial charge in [0.25, 0.3) is 0 Å². The van der Waals surface area contributed by atoms with Gasteiger partial charge < -0.3 is 5.32 Å². The number of nitrogens with one attached hydrogen (secondary N) is 2. The summed E-state index contributed by atoms with van der Waals surface area (Å²) in [5.74, 6) is 6.60. The van der Waals surface area contributed by atoms with Crippen molar-refractivity contribution in [3.8, 4) is 0 Å². The number of rotatable bonds is 5. The lowest BCUT2D eigenvalue weighted by atomic mass is 10.2. The number of fused-ring (bicyclic) bond motifs is 1. The van der Waals surface area contributed by atoms with Crippen molar-refractivity contribution in [2.75, 3.05) is 17.3 Å². The fourth-order valence-electron chi connectivity index (χ4n) is 2.15. The van der Waals surface area contributed by atoms with Gasteiger partial charge in [0.1, 0.15) is 5.82 Å². The molecule has 0 spiro atoms. The second kappa shape index (κ2) is 6.15. The van der Waals surface area contributed by atoms with Crippen LogP contribution in [0.25, 0.3) is 10.9 Å². The maximum atomic E-state index is 5.42. The lowest BCUT2D eigenvalue weighted by molar-refractivity contribution is 0.999. The molecule has 0 saturated heterocycles. The fraction of sp³-hybridized carbons (Fsp3) is 0.133. The van der Waals surface area contributed by atoms with E-state index in [0.717, 1.165) is 29.7 Å². The Labute approximate surface area is 122 Å². The normalized spacial score (nSPS) is 10.5. The summed E-state index contributed by atoms with van der Waals surface area (Å²) in [6, 6.07) is 11.8. The highest BCUT2D eigenvalue weighted by Gasteiger charge is 2.06. The van der Waals surface area contributed by atoms with E-state index in [1.54, 1.807) is 12.4 Å². The molecule has 0 aliphatic carbocycles. The summed E-state index contributed by atoms with van der Waals surface area (Å²) < 4.78 is 0. The molecule has 0 fully saturated rings. The zero-order valence-electron chi connectivity index (χ0n) is 11.5. The van der Waals surface area contributed by atoms with E-state index in [9.17, 15) is 0 Å². The maximum Gasteiger partial charge on any atom is 0.239 e. The van der Waals surface area contributed by atoms with Gasteiger partial charge in [0.2, 0.25) is 5.95 Å². The van der Waals surface area contributed by atoms with Crippen LogP contribution in [0.15, 0.2) is 48.8 Å². The minimum Gasteiger partial charge on any atom is -0.369 e. The van der Waals surface area contributed by atoms with Crippen LogP contribution in [0.3, 0.4) is 0 Å². The SMILES string of the molecule is NNc1nc(NCCc2ccncc2)c2ccccc2n1. The third kappa shape index (κ3) is 3.06. The minimum atomic E-state index is 0.403. The van der Waals surface area contributed by atoms with Crippen molar-refractivity contribution in [2.45, 2.75) is 6.42 Å². The number of para-hydroxylation sites is 1. The number of hydrazine groups is 1. The second-order valence-corrected chi connectivity index (χ2v) is 4.59. The van der Waals surface area contributed by atoms with Gasteiger partial charge in [-0.1, -0.05) is 12.1 Å². The van der Waals surface area contributed by atoms with Gasteiger partial charge in [-0.2, -0.15) is 4.98 Å². The Morgan fingerprint density at radius 3 is 2.62 bits per heavy atom. The summed E-state index contributed by atoms with van der Waals surface area (Å²) in [6.07, 6.45) is 4.49. The molecule has 0 unspecified atom stereocenters. The topological polar surface area (TPSA) is 88.8 Å². The average Bonchev–Trinajstić information content (AvgIpc) is 2.55. The first-order valence-corrected chi connectivity index (χ1v) is 6.73. The van der Waals surface area contributed by atoms with Gasteiger partial charge in [0.05, 0.1) is 5.52 Å². The average molecular weight is 280 g/mol. The molecular weight excluding hydrogens is 264 g/mol. The van der Waals surface area contributed by atoms with Gasteiger partial charge in [-0.05, 0) is 36.2 Å². The molecule has 0 radical (unpaired) electrons. The van der Waals surface area contributed by atoms with Gasteiger partial charge in [-0.3, -0.25) is 10.4 Å². The van der Waals surface area contributed by atoms with E-state index in [-0.39, 0.29) is 0 Å². The number of nitrogens with two attached hydrogens (primary N) is 1. The van der Waals surface area contributed by atoms with Crippen molar-refractivity contribution in [3.63, 3.8) is 0 Å². The molecule has 0 atom stereocenters. The highest BCUT2D eigenvalue weighted by molar-refractivity contribution is 5.89. The molecule has 6 nitrogen and oxygen atoms in total. The largest absolute Gasteiger partial charge is 0.369 e. The van der Waals surface area contributed by atoms with Gasteiger partial charge in [0, 0.05) is 24.3 Å². The Morgan fingerprint density at radius 2 is 1.81 bits per heavy atom. The molecule has 21 heavy (non-hydrogen) atoms. The Bertz CT molecular complexity index is 729. The smallest absolute Gasteiger partial charge is 0.239 e. The van der Waals surface area contributed by atoms with Crippen LogP contribution in [0.1, 0.15) is 5.56 Å². The predicted molar refractivity (Wildman–Crippen MR) is 83.8 cm³/mol. The minimum absolute atomic E-state index is 0.403. The molecule has 0 bridgehead atoms. The highest BCUT2D eigenvalue weighted by Crippen LogP contribution is 2.21. The molecule has 1 aromatic carbocycles. The number of hydrogen-bond donors (Lipinski definition) is 3. The van der Waals surface area contributed by atoms with Crippen LogP contribution >= 0.6 is 0 Å². The molecule has 6 heteroatoms. The zero-order chi connectivity index (χ0) is 14.5. The van der Waals surface area contributed by atoms with Crippen molar-refractivity contribution in [3.05, 3.63) is 54.4 Å². The van der Waals surface area contributed by atoms with Crippen molar-refractivity contribution in [1.82, 2.24) is 15.0 Å². The molecule has 0 saturated carbocycles. The van der Waals surface area contributed by atoms with E-state index in [4.69, 9.17) is 5.84 Å². The Balaban J connectivity index is 1.79. The Hall–Kier alpha value is -2.73. The van der Waals surface area contributed by atoms with Crippen molar-refractivity contribution in [1.29, 1.82) is 0 Å². The maximum absolute atomic E-state index is 5.42. The first-order valence-electron chi connectivity index (χ1n) is 6.73. The quantitative estimate of drug-likeness (QED) is 0.489. The molecule has 2 aromatic heterocycles. The number of pyridine rings is 1. The number of nitrogens with zero attached hydrogens (tertiary/aromatic N) is 3. The third-order valence-corrected chi connectivity index (χ3v) is 3.19. The summed E-state index contributed by atoms with van der Waals surface area (Å²) in [5, 5.41) is 4.32. The van der Waals surface area contributed by atoms with E-state index in [1.165, 1.54) is 5.56 Å². The third-order valence-electron chi connectivity index (χ3n) is 3.19. The fourth-order valence-corrected chi connectivity index (χ4v) is 2.15. The number of anilines is 2. The lowest BCUT2D eigenvalue weighted by Crippen LogP contribution is -2.13. The zero-order valence-corrected chi connectivity index (χ0v) is 11.5. The first kappa shape index (κ1) is 13.3. The summed E-state index contributed by atoms with van der Waals surface area (Å²) in [4.78, 5) is 12.7. The van der Waals surface area contributed by atoms with Gasteiger partial charge in [-0.25, -0.2) is 10.8 Å². The van der Waals surface area contributed by atoms with E-state index < -0.39 is 0 Å². The molecule has 3 rings (SSSR count). The number of aromatic nitrogens is 3. The highest BCUT2D eigenvalue weighted by atomic mass is 15.3. The molecule has 2 heterocycles.